The van der Waals surface area contributed by atoms with Crippen LogP contribution in [0.25, 0.3) is 0 Å². The molecule has 1 N–H and O–H groups in total. The van der Waals surface area contributed by atoms with Crippen LogP contribution in [0.2, 0.25) is 0 Å². The zero-order chi connectivity index (χ0) is 19.2. The highest BCUT2D eigenvalue weighted by Crippen LogP contribution is 2.26. The Morgan fingerprint density at radius 3 is 2.89 bits per heavy atom. The van der Waals surface area contributed by atoms with Crippen molar-refractivity contribution < 1.29 is 23.9 Å². The highest BCUT2D eigenvalue weighted by Gasteiger charge is 2.18. The Kier molecular flexibility index (Phi) is 5.87. The highest BCUT2D eigenvalue weighted by molar-refractivity contribution is 6.06. The van der Waals surface area contributed by atoms with E-state index in [1.54, 1.807) is 24.3 Å². The molecule has 8 nitrogen and oxygen atoms in total. The van der Waals surface area contributed by atoms with E-state index in [9.17, 15) is 14.9 Å². The number of hydrogen-bond donors (Lipinski definition) is 1. The first-order chi connectivity index (χ1) is 13.1. The van der Waals surface area contributed by atoms with Gasteiger partial charge in [0.05, 0.1) is 23.7 Å². The number of ether oxygens (including phenoxy) is 3. The second kappa shape index (κ2) is 8.50. The monoisotopic (exact) mass is 372 g/mol. The second-order valence-corrected chi connectivity index (χ2v) is 6.07. The molecule has 0 radical (unpaired) electrons. The van der Waals surface area contributed by atoms with Crippen molar-refractivity contribution in [2.75, 3.05) is 25.6 Å². The van der Waals surface area contributed by atoms with Gasteiger partial charge in [0.25, 0.3) is 11.6 Å². The van der Waals surface area contributed by atoms with Crippen molar-refractivity contribution in [1.82, 2.24) is 0 Å². The first-order valence-electron chi connectivity index (χ1n) is 8.55. The van der Waals surface area contributed by atoms with Gasteiger partial charge >= 0.3 is 0 Å². The molecule has 142 valence electrons. The fraction of sp³-hybridized carbons (Fsp3) is 0.316. The number of methoxy groups -OCH3 is 1. The summed E-state index contributed by atoms with van der Waals surface area (Å²) >= 11 is 0. The molecule has 0 aliphatic carbocycles. The van der Waals surface area contributed by atoms with E-state index >= 15 is 0 Å². The first kappa shape index (κ1) is 18.7. The number of amides is 1. The summed E-state index contributed by atoms with van der Waals surface area (Å²) in [7, 11) is 1.40. The van der Waals surface area contributed by atoms with Gasteiger partial charge in [-0.3, -0.25) is 14.9 Å². The standard InChI is InChI=1S/C19H20N2O6/c1-25-18-8-7-14(21(23)24)11-17(18)19(22)20-13-4-2-5-15(10-13)27-12-16-6-3-9-26-16/h2,4-5,7-8,10-11,16H,3,6,9,12H2,1H3,(H,20,22). The van der Waals surface area contributed by atoms with Gasteiger partial charge in [-0.15, -0.1) is 0 Å². The van der Waals surface area contributed by atoms with E-state index in [-0.39, 0.29) is 23.1 Å². The molecule has 2 aromatic carbocycles. The minimum atomic E-state index is -0.560. The molecule has 0 bridgehead atoms. The fourth-order valence-corrected chi connectivity index (χ4v) is 2.81. The van der Waals surface area contributed by atoms with E-state index in [2.05, 4.69) is 5.32 Å². The van der Waals surface area contributed by atoms with Crippen molar-refractivity contribution >= 4 is 17.3 Å². The molecular formula is C19H20N2O6. The third-order valence-corrected chi connectivity index (χ3v) is 4.19. The number of nitro benzene ring substituents is 1. The van der Waals surface area contributed by atoms with Crippen molar-refractivity contribution in [2.24, 2.45) is 0 Å². The number of carbonyl (C=O) groups excluding carboxylic acids is 1. The van der Waals surface area contributed by atoms with Gasteiger partial charge in [-0.25, -0.2) is 0 Å². The average Bonchev–Trinajstić information content (AvgIpc) is 3.19. The maximum Gasteiger partial charge on any atom is 0.270 e. The number of nitro groups is 1. The van der Waals surface area contributed by atoms with Gasteiger partial charge in [0, 0.05) is 30.5 Å². The molecule has 1 amide bonds. The van der Waals surface area contributed by atoms with Crippen LogP contribution in [0.1, 0.15) is 23.2 Å². The largest absolute Gasteiger partial charge is 0.496 e. The summed E-state index contributed by atoms with van der Waals surface area (Å²) in [6.45, 7) is 1.21. The lowest BCUT2D eigenvalue weighted by molar-refractivity contribution is -0.384. The number of non-ortho nitro benzene ring substituents is 1. The minimum Gasteiger partial charge on any atom is -0.496 e. The zero-order valence-corrected chi connectivity index (χ0v) is 14.8. The van der Waals surface area contributed by atoms with Crippen molar-refractivity contribution in [3.05, 3.63) is 58.1 Å². The highest BCUT2D eigenvalue weighted by atomic mass is 16.6. The van der Waals surface area contributed by atoms with Gasteiger partial charge in [-0.2, -0.15) is 0 Å². The predicted molar refractivity (Wildman–Crippen MR) is 98.5 cm³/mol. The molecule has 1 unspecified atom stereocenters. The molecule has 1 aliphatic heterocycles. The molecule has 0 aromatic heterocycles. The number of carbonyl (C=O) groups is 1. The smallest absolute Gasteiger partial charge is 0.270 e. The molecule has 27 heavy (non-hydrogen) atoms. The first-order valence-corrected chi connectivity index (χ1v) is 8.55. The van der Waals surface area contributed by atoms with E-state index in [1.165, 1.54) is 25.3 Å². The Morgan fingerprint density at radius 2 is 2.19 bits per heavy atom. The third kappa shape index (κ3) is 4.73. The number of hydrogen-bond acceptors (Lipinski definition) is 6. The van der Waals surface area contributed by atoms with Crippen LogP contribution in [-0.4, -0.2) is 37.3 Å². The molecule has 3 rings (SSSR count). The summed E-state index contributed by atoms with van der Waals surface area (Å²) in [6, 6.07) is 10.8. The molecule has 1 atom stereocenters. The summed E-state index contributed by atoms with van der Waals surface area (Å²) in [5.74, 6) is 0.352. The van der Waals surface area contributed by atoms with Crippen molar-refractivity contribution in [3.63, 3.8) is 0 Å². The van der Waals surface area contributed by atoms with Crippen molar-refractivity contribution in [1.29, 1.82) is 0 Å². The lowest BCUT2D eigenvalue weighted by Crippen LogP contribution is -2.16. The van der Waals surface area contributed by atoms with Crippen LogP contribution >= 0.6 is 0 Å². The quantitative estimate of drug-likeness (QED) is 0.590. The van der Waals surface area contributed by atoms with Crippen LogP contribution in [0.3, 0.4) is 0 Å². The van der Waals surface area contributed by atoms with Crippen LogP contribution < -0.4 is 14.8 Å². The van der Waals surface area contributed by atoms with Crippen LogP contribution in [0.15, 0.2) is 42.5 Å². The van der Waals surface area contributed by atoms with Gasteiger partial charge in [0.2, 0.25) is 0 Å². The second-order valence-electron chi connectivity index (χ2n) is 6.07. The number of rotatable bonds is 7. The fourth-order valence-electron chi connectivity index (χ4n) is 2.81. The molecule has 1 aliphatic rings. The molecule has 0 saturated carbocycles. The van der Waals surface area contributed by atoms with Gasteiger partial charge in [0.15, 0.2) is 0 Å². The molecule has 8 heteroatoms. The molecule has 1 heterocycles. The van der Waals surface area contributed by atoms with Crippen LogP contribution in [-0.2, 0) is 4.74 Å². The summed E-state index contributed by atoms with van der Waals surface area (Å²) < 4.78 is 16.4. The van der Waals surface area contributed by atoms with Crippen LogP contribution in [0.4, 0.5) is 11.4 Å². The SMILES string of the molecule is COc1ccc([N+](=O)[O-])cc1C(=O)Nc1cccc(OCC2CCCO2)c1. The third-order valence-electron chi connectivity index (χ3n) is 4.19. The maximum atomic E-state index is 12.6. The van der Waals surface area contributed by atoms with E-state index in [0.717, 1.165) is 19.4 Å². The van der Waals surface area contributed by atoms with Crippen molar-refractivity contribution in [2.45, 2.75) is 18.9 Å². The number of nitrogens with one attached hydrogen (secondary N) is 1. The summed E-state index contributed by atoms with van der Waals surface area (Å²) in [5, 5.41) is 13.7. The van der Waals surface area contributed by atoms with Gasteiger partial charge < -0.3 is 19.5 Å². The summed E-state index contributed by atoms with van der Waals surface area (Å²) in [5.41, 5.74) is 0.408. The topological polar surface area (TPSA) is 99.9 Å². The Bertz CT molecular complexity index is 833. The lowest BCUT2D eigenvalue weighted by atomic mass is 10.1. The van der Waals surface area contributed by atoms with E-state index in [4.69, 9.17) is 14.2 Å². The average molecular weight is 372 g/mol. The Hall–Kier alpha value is -3.13. The van der Waals surface area contributed by atoms with E-state index in [1.807, 2.05) is 0 Å². The molecular weight excluding hydrogens is 352 g/mol. The Balaban J connectivity index is 1.71. The van der Waals surface area contributed by atoms with E-state index < -0.39 is 10.8 Å². The van der Waals surface area contributed by atoms with Crippen LogP contribution in [0, 0.1) is 10.1 Å². The number of nitrogens with zero attached hydrogens (tertiary/aromatic N) is 1. The van der Waals surface area contributed by atoms with Crippen LogP contribution in [0.5, 0.6) is 11.5 Å². The summed E-state index contributed by atoms with van der Waals surface area (Å²) in [4.78, 5) is 23.0. The number of anilines is 1. The number of benzene rings is 2. The summed E-state index contributed by atoms with van der Waals surface area (Å²) in [6.07, 6.45) is 2.11. The van der Waals surface area contributed by atoms with E-state index in [0.29, 0.717) is 18.0 Å². The lowest BCUT2D eigenvalue weighted by Gasteiger charge is -2.13. The molecule has 0 spiro atoms. The Labute approximate surface area is 156 Å². The van der Waals surface area contributed by atoms with Crippen molar-refractivity contribution in [3.8, 4) is 11.5 Å². The predicted octanol–water partition coefficient (Wildman–Crippen LogP) is 3.41. The Morgan fingerprint density at radius 1 is 1.33 bits per heavy atom. The van der Waals surface area contributed by atoms with Gasteiger partial charge in [0.1, 0.15) is 18.1 Å². The molecule has 1 fully saturated rings. The maximum absolute atomic E-state index is 12.6. The van der Waals surface area contributed by atoms with Gasteiger partial charge in [-0.1, -0.05) is 6.07 Å². The molecule has 1 saturated heterocycles. The molecule has 2 aromatic rings. The zero-order valence-electron chi connectivity index (χ0n) is 14.8. The van der Waals surface area contributed by atoms with Gasteiger partial charge in [-0.05, 0) is 31.0 Å². The minimum absolute atomic E-state index is 0.0809. The normalized spacial score (nSPS) is 16.0.